The molecule has 0 amide bonds. The van der Waals surface area contributed by atoms with Gasteiger partial charge >= 0.3 is 5.69 Å². The Labute approximate surface area is 136 Å². The van der Waals surface area contributed by atoms with Gasteiger partial charge in [-0.2, -0.15) is 0 Å². The van der Waals surface area contributed by atoms with Gasteiger partial charge in [0.15, 0.2) is 10.3 Å². The number of rotatable bonds is 4. The zero-order valence-electron chi connectivity index (χ0n) is 13.4. The summed E-state index contributed by atoms with van der Waals surface area (Å²) >= 11 is 5.25. The molecular weight excluding hydrogens is 300 g/mol. The van der Waals surface area contributed by atoms with E-state index in [1.807, 2.05) is 13.8 Å². The number of aromatic nitrogens is 4. The third-order valence-electron chi connectivity index (χ3n) is 3.37. The second kappa shape index (κ2) is 8.73. The minimum atomic E-state index is -0.352. The van der Waals surface area contributed by atoms with Gasteiger partial charge in [-0.25, -0.2) is 4.79 Å². The minimum Gasteiger partial charge on any atom is -0.316 e. The van der Waals surface area contributed by atoms with Crippen LogP contribution in [0.1, 0.15) is 47.5 Å². The minimum absolute atomic E-state index is 0. The smallest absolute Gasteiger partial charge is 0.316 e. The van der Waals surface area contributed by atoms with Crippen molar-refractivity contribution < 1.29 is 0 Å². The molecule has 0 unspecified atom stereocenters. The molecule has 0 radical (unpaired) electrons. The van der Waals surface area contributed by atoms with Gasteiger partial charge in [0.2, 0.25) is 0 Å². The van der Waals surface area contributed by atoms with Crippen molar-refractivity contribution in [2.75, 3.05) is 0 Å². The van der Waals surface area contributed by atoms with E-state index in [-0.39, 0.29) is 18.7 Å². The van der Waals surface area contributed by atoms with E-state index in [9.17, 15) is 9.59 Å². The summed E-state index contributed by atoms with van der Waals surface area (Å²) in [5.41, 5.74) is 0.316. The van der Waals surface area contributed by atoms with E-state index in [2.05, 4.69) is 11.9 Å². The number of fused-ring (bicyclic) bond motifs is 1. The Hall–Kier alpha value is -1.63. The lowest BCUT2D eigenvalue weighted by Gasteiger charge is -2.06. The van der Waals surface area contributed by atoms with Crippen LogP contribution in [-0.2, 0) is 20.6 Å². The van der Waals surface area contributed by atoms with Gasteiger partial charge < -0.3 is 9.55 Å². The molecule has 0 fully saturated rings. The van der Waals surface area contributed by atoms with Gasteiger partial charge in [0.05, 0.1) is 0 Å². The number of hydrogen-bond donors (Lipinski definition) is 1. The van der Waals surface area contributed by atoms with E-state index in [0.717, 1.165) is 23.8 Å². The van der Waals surface area contributed by atoms with Gasteiger partial charge in [-0.1, -0.05) is 41.0 Å². The lowest BCUT2D eigenvalue weighted by molar-refractivity contribution is 0.604. The lowest BCUT2D eigenvalue weighted by Crippen LogP contribution is -2.37. The highest BCUT2D eigenvalue weighted by Crippen LogP contribution is 2.09. The first-order chi connectivity index (χ1) is 9.99. The topological polar surface area (TPSA) is 64.7 Å². The fourth-order valence-electron chi connectivity index (χ4n) is 2.22. The van der Waals surface area contributed by atoms with E-state index < -0.39 is 0 Å². The molecule has 2 aromatic heterocycles. The van der Waals surface area contributed by atoms with Crippen LogP contribution in [-0.4, -0.2) is 18.7 Å². The molecule has 0 spiro atoms. The molecule has 126 valence electrons. The average Bonchev–Trinajstić information content (AvgIpc) is 2.82. The molecule has 0 saturated heterocycles. The van der Waals surface area contributed by atoms with Crippen molar-refractivity contribution in [3.63, 3.8) is 0 Å². The predicted octanol–water partition coefficient (Wildman–Crippen LogP) is 2.95. The quantitative estimate of drug-likeness (QED) is 0.693. The molecule has 0 aliphatic rings. The van der Waals surface area contributed by atoms with Crippen molar-refractivity contribution in [2.45, 2.75) is 54.0 Å². The summed E-state index contributed by atoms with van der Waals surface area (Å²) in [5.74, 6) is 0. The van der Waals surface area contributed by atoms with Crippen LogP contribution in [0.25, 0.3) is 11.2 Å². The summed E-state index contributed by atoms with van der Waals surface area (Å²) in [4.78, 5) is 27.0. The Morgan fingerprint density at radius 1 is 1.09 bits per heavy atom. The summed E-state index contributed by atoms with van der Waals surface area (Å²) in [6.07, 6.45) is 3.15. The molecule has 0 aliphatic carbocycles. The van der Waals surface area contributed by atoms with Crippen LogP contribution in [0.15, 0.2) is 9.59 Å². The molecule has 2 rings (SSSR count). The Kier molecular flexibility index (Phi) is 8.08. The molecule has 2 aromatic rings. The van der Waals surface area contributed by atoms with Crippen molar-refractivity contribution in [3.8, 4) is 0 Å². The SMILES string of the molecule is C.CC.CCCCCn1c(=S)[nH]c2c1c(=O)n(C)c(=O)n2C. The summed E-state index contributed by atoms with van der Waals surface area (Å²) in [7, 11) is 3.11. The fourth-order valence-corrected chi connectivity index (χ4v) is 2.50. The number of aromatic amines is 1. The third-order valence-corrected chi connectivity index (χ3v) is 3.69. The van der Waals surface area contributed by atoms with E-state index in [0.29, 0.717) is 22.5 Å². The lowest BCUT2D eigenvalue weighted by atomic mass is 10.2. The van der Waals surface area contributed by atoms with Crippen molar-refractivity contribution in [2.24, 2.45) is 14.1 Å². The largest absolute Gasteiger partial charge is 0.332 e. The predicted molar refractivity (Wildman–Crippen MR) is 95.2 cm³/mol. The van der Waals surface area contributed by atoms with Crippen LogP contribution in [0.2, 0.25) is 0 Å². The van der Waals surface area contributed by atoms with Crippen LogP contribution in [0, 0.1) is 4.77 Å². The van der Waals surface area contributed by atoms with Crippen molar-refractivity contribution in [3.05, 3.63) is 25.6 Å². The van der Waals surface area contributed by atoms with E-state index in [1.165, 1.54) is 11.6 Å². The van der Waals surface area contributed by atoms with Crippen LogP contribution in [0.3, 0.4) is 0 Å². The number of aryl methyl sites for hydroxylation is 2. The van der Waals surface area contributed by atoms with Crippen LogP contribution in [0.4, 0.5) is 0 Å². The average molecular weight is 328 g/mol. The number of unbranched alkanes of at least 4 members (excludes halogenated alkanes) is 2. The van der Waals surface area contributed by atoms with Gasteiger partial charge in [-0.05, 0) is 18.6 Å². The highest BCUT2D eigenvalue weighted by Gasteiger charge is 2.14. The second-order valence-electron chi connectivity index (χ2n) is 4.69. The van der Waals surface area contributed by atoms with E-state index in [4.69, 9.17) is 12.2 Å². The fraction of sp³-hybridized carbons (Fsp3) is 0.667. The van der Waals surface area contributed by atoms with Gasteiger partial charge in [0, 0.05) is 20.6 Å². The number of H-pyrrole nitrogens is 1. The normalized spacial score (nSPS) is 10.0. The maximum Gasteiger partial charge on any atom is 0.332 e. The maximum atomic E-state index is 12.2. The van der Waals surface area contributed by atoms with Gasteiger partial charge in [-0.15, -0.1) is 0 Å². The van der Waals surface area contributed by atoms with Crippen LogP contribution >= 0.6 is 12.2 Å². The highest BCUT2D eigenvalue weighted by atomic mass is 32.1. The van der Waals surface area contributed by atoms with Gasteiger partial charge in [-0.3, -0.25) is 13.9 Å². The number of nitrogens with one attached hydrogen (secondary N) is 1. The summed E-state index contributed by atoms with van der Waals surface area (Å²) in [6, 6.07) is 0. The first kappa shape index (κ1) is 20.4. The van der Waals surface area contributed by atoms with E-state index in [1.54, 1.807) is 11.6 Å². The number of imidazole rings is 1. The molecule has 2 heterocycles. The molecular formula is C15H28N4O2S. The molecule has 7 heteroatoms. The maximum absolute atomic E-state index is 12.2. The first-order valence-corrected chi connectivity index (χ1v) is 7.78. The molecule has 0 aliphatic heterocycles. The summed E-state index contributed by atoms with van der Waals surface area (Å²) in [5, 5.41) is 0. The molecule has 0 atom stereocenters. The van der Waals surface area contributed by atoms with Crippen molar-refractivity contribution in [1.29, 1.82) is 0 Å². The molecule has 0 saturated carbocycles. The Bertz CT molecular complexity index is 780. The standard InChI is InChI=1S/C12H18N4O2S.C2H6.CH4/c1-4-5-6-7-16-8-9(13-11(16)19)14(2)12(18)15(3)10(8)17;1-2;/h4-7H2,1-3H3,(H,13,19);1-2H3;1H4. The van der Waals surface area contributed by atoms with Gasteiger partial charge in [0.25, 0.3) is 5.56 Å². The van der Waals surface area contributed by atoms with E-state index >= 15 is 0 Å². The van der Waals surface area contributed by atoms with Gasteiger partial charge in [0.1, 0.15) is 5.65 Å². The van der Waals surface area contributed by atoms with Crippen LogP contribution in [0.5, 0.6) is 0 Å². The van der Waals surface area contributed by atoms with Crippen molar-refractivity contribution >= 4 is 23.4 Å². The summed E-state index contributed by atoms with van der Waals surface area (Å²) in [6.45, 7) is 6.82. The third kappa shape index (κ3) is 3.58. The first-order valence-electron chi connectivity index (χ1n) is 7.37. The Morgan fingerprint density at radius 3 is 2.23 bits per heavy atom. The Morgan fingerprint density at radius 2 is 1.68 bits per heavy atom. The zero-order chi connectivity index (χ0) is 16.2. The molecule has 0 aromatic carbocycles. The summed E-state index contributed by atoms with van der Waals surface area (Å²) < 4.78 is 4.82. The number of nitrogens with zero attached hydrogens (tertiary/aromatic N) is 3. The van der Waals surface area contributed by atoms with Crippen LogP contribution < -0.4 is 11.2 Å². The molecule has 1 N–H and O–H groups in total. The zero-order valence-corrected chi connectivity index (χ0v) is 14.2. The number of hydrogen-bond acceptors (Lipinski definition) is 3. The second-order valence-corrected chi connectivity index (χ2v) is 5.08. The molecule has 22 heavy (non-hydrogen) atoms. The monoisotopic (exact) mass is 328 g/mol. The van der Waals surface area contributed by atoms with Crippen molar-refractivity contribution in [1.82, 2.24) is 18.7 Å². The molecule has 0 bridgehead atoms. The highest BCUT2D eigenvalue weighted by molar-refractivity contribution is 7.71. The molecule has 6 nitrogen and oxygen atoms in total. The Balaban J connectivity index is 0.00000141.